The van der Waals surface area contributed by atoms with Crippen molar-refractivity contribution in [1.82, 2.24) is 10.2 Å². The molecule has 0 bridgehead atoms. The molecule has 2 atom stereocenters. The van der Waals surface area contributed by atoms with Crippen LogP contribution in [0.1, 0.15) is 45.1 Å². The van der Waals surface area contributed by atoms with Gasteiger partial charge in [0.15, 0.2) is 0 Å². The van der Waals surface area contributed by atoms with Crippen LogP contribution in [0.4, 0.5) is 0 Å². The molecule has 0 spiro atoms. The van der Waals surface area contributed by atoms with Crippen LogP contribution in [0, 0.1) is 11.8 Å². The van der Waals surface area contributed by atoms with Crippen LogP contribution >= 0.6 is 0 Å². The Bertz CT molecular complexity index is 556. The fourth-order valence-corrected chi connectivity index (χ4v) is 3.66. The summed E-state index contributed by atoms with van der Waals surface area (Å²) in [5, 5.41) is 3.72. The molecular formula is C20H30N2O2. The fourth-order valence-electron chi connectivity index (χ4n) is 3.66. The van der Waals surface area contributed by atoms with E-state index in [1.54, 1.807) is 0 Å². The number of likely N-dealkylation sites (tertiary alicyclic amines) is 1. The molecule has 2 aliphatic rings. The van der Waals surface area contributed by atoms with Gasteiger partial charge >= 0.3 is 0 Å². The van der Waals surface area contributed by atoms with Crippen molar-refractivity contribution in [2.75, 3.05) is 19.7 Å². The lowest BCUT2D eigenvalue weighted by Crippen LogP contribution is -2.51. The number of hydrogen-bond acceptors (Lipinski definition) is 3. The third kappa shape index (κ3) is 4.29. The summed E-state index contributed by atoms with van der Waals surface area (Å²) in [7, 11) is 0. The van der Waals surface area contributed by atoms with Gasteiger partial charge in [-0.1, -0.05) is 25.5 Å². The normalized spacial score (nSPS) is 24.0. The van der Waals surface area contributed by atoms with E-state index < -0.39 is 0 Å². The number of benzene rings is 1. The molecule has 1 heterocycles. The molecule has 24 heavy (non-hydrogen) atoms. The van der Waals surface area contributed by atoms with Crippen molar-refractivity contribution in [3.63, 3.8) is 0 Å². The third-order valence-corrected chi connectivity index (χ3v) is 5.27. The summed E-state index contributed by atoms with van der Waals surface area (Å²) in [5.41, 5.74) is 1.26. The van der Waals surface area contributed by atoms with Crippen LogP contribution in [0.5, 0.6) is 5.75 Å². The quantitative estimate of drug-likeness (QED) is 0.835. The zero-order valence-corrected chi connectivity index (χ0v) is 15.0. The molecule has 0 radical (unpaired) electrons. The van der Waals surface area contributed by atoms with Gasteiger partial charge in [0, 0.05) is 31.6 Å². The summed E-state index contributed by atoms with van der Waals surface area (Å²) in [6, 6.07) is 8.81. The number of carbonyl (C=O) groups is 1. The lowest BCUT2D eigenvalue weighted by molar-refractivity contribution is -0.134. The summed E-state index contributed by atoms with van der Waals surface area (Å²) >= 11 is 0. The zero-order valence-electron chi connectivity index (χ0n) is 15.0. The van der Waals surface area contributed by atoms with E-state index >= 15 is 0 Å². The molecule has 1 amide bonds. The van der Waals surface area contributed by atoms with Crippen molar-refractivity contribution >= 4 is 5.91 Å². The van der Waals surface area contributed by atoms with E-state index in [9.17, 15) is 4.79 Å². The zero-order chi connectivity index (χ0) is 16.9. The van der Waals surface area contributed by atoms with Crippen LogP contribution < -0.4 is 10.1 Å². The van der Waals surface area contributed by atoms with Crippen LogP contribution in [0.2, 0.25) is 0 Å². The number of amides is 1. The van der Waals surface area contributed by atoms with Crippen molar-refractivity contribution in [3.05, 3.63) is 29.8 Å². The molecule has 132 valence electrons. The number of hydrogen-bond donors (Lipinski definition) is 1. The highest BCUT2D eigenvalue weighted by Gasteiger charge is 2.37. The van der Waals surface area contributed by atoms with E-state index in [1.807, 2.05) is 13.0 Å². The van der Waals surface area contributed by atoms with Crippen LogP contribution in [-0.4, -0.2) is 36.5 Å². The maximum atomic E-state index is 12.3. The molecule has 3 rings (SSSR count). The minimum atomic E-state index is 0.341. The molecule has 2 fully saturated rings. The van der Waals surface area contributed by atoms with Gasteiger partial charge in [-0.3, -0.25) is 4.79 Å². The molecule has 2 unspecified atom stereocenters. The first-order valence-corrected chi connectivity index (χ1v) is 9.45. The summed E-state index contributed by atoms with van der Waals surface area (Å²) in [5.74, 6) is 2.23. The Morgan fingerprint density at radius 3 is 2.83 bits per heavy atom. The van der Waals surface area contributed by atoms with Crippen molar-refractivity contribution < 1.29 is 9.53 Å². The monoisotopic (exact) mass is 330 g/mol. The average Bonchev–Trinajstić information content (AvgIpc) is 3.45. The Morgan fingerprint density at radius 1 is 1.29 bits per heavy atom. The van der Waals surface area contributed by atoms with Crippen LogP contribution in [0.15, 0.2) is 24.3 Å². The predicted molar refractivity (Wildman–Crippen MR) is 95.9 cm³/mol. The third-order valence-electron chi connectivity index (χ3n) is 5.27. The minimum absolute atomic E-state index is 0.341. The highest BCUT2D eigenvalue weighted by Crippen LogP contribution is 2.33. The van der Waals surface area contributed by atoms with Crippen LogP contribution in [0.25, 0.3) is 0 Å². The molecule has 1 saturated carbocycles. The topological polar surface area (TPSA) is 41.6 Å². The molecule has 1 aliphatic carbocycles. The van der Waals surface area contributed by atoms with Crippen molar-refractivity contribution in [1.29, 1.82) is 0 Å². The van der Waals surface area contributed by atoms with E-state index in [4.69, 9.17) is 4.74 Å². The lowest BCUT2D eigenvalue weighted by Gasteiger charge is -2.39. The number of carbonyl (C=O) groups excluding carboxylic acids is 1. The van der Waals surface area contributed by atoms with Crippen LogP contribution in [-0.2, 0) is 11.3 Å². The van der Waals surface area contributed by atoms with E-state index in [2.05, 4.69) is 35.3 Å². The van der Waals surface area contributed by atoms with Gasteiger partial charge < -0.3 is 15.0 Å². The van der Waals surface area contributed by atoms with Gasteiger partial charge in [0.05, 0.1) is 6.61 Å². The van der Waals surface area contributed by atoms with Crippen molar-refractivity contribution in [2.24, 2.45) is 11.8 Å². The SMILES string of the molecule is CCOc1cccc(CNC2CCN(C(=O)C3CC3)CC2CC)c1. The van der Waals surface area contributed by atoms with E-state index in [1.165, 1.54) is 5.56 Å². The molecule has 1 saturated heterocycles. The molecule has 1 aromatic carbocycles. The maximum Gasteiger partial charge on any atom is 0.225 e. The summed E-state index contributed by atoms with van der Waals surface area (Å²) in [4.78, 5) is 14.4. The minimum Gasteiger partial charge on any atom is -0.494 e. The first-order chi connectivity index (χ1) is 11.7. The average molecular weight is 330 g/mol. The Labute approximate surface area is 145 Å². The van der Waals surface area contributed by atoms with Crippen LogP contribution in [0.3, 0.4) is 0 Å². The predicted octanol–water partition coefficient (Wildman–Crippen LogP) is 3.21. The number of nitrogens with one attached hydrogen (secondary N) is 1. The summed E-state index contributed by atoms with van der Waals surface area (Å²) in [6.45, 7) is 7.62. The molecule has 1 N–H and O–H groups in total. The van der Waals surface area contributed by atoms with E-state index in [0.29, 0.717) is 30.4 Å². The molecule has 0 aromatic heterocycles. The molecular weight excluding hydrogens is 300 g/mol. The first-order valence-electron chi connectivity index (χ1n) is 9.45. The lowest BCUT2D eigenvalue weighted by atomic mass is 9.89. The second kappa shape index (κ2) is 8.02. The smallest absolute Gasteiger partial charge is 0.225 e. The van der Waals surface area contributed by atoms with E-state index in [-0.39, 0.29) is 0 Å². The largest absolute Gasteiger partial charge is 0.494 e. The maximum absolute atomic E-state index is 12.3. The van der Waals surface area contributed by atoms with Gasteiger partial charge in [-0.25, -0.2) is 0 Å². The Hall–Kier alpha value is -1.55. The molecule has 1 aromatic rings. The van der Waals surface area contributed by atoms with Crippen molar-refractivity contribution in [3.8, 4) is 5.75 Å². The highest BCUT2D eigenvalue weighted by atomic mass is 16.5. The number of piperidine rings is 1. The molecule has 4 nitrogen and oxygen atoms in total. The second-order valence-corrected chi connectivity index (χ2v) is 7.08. The Balaban J connectivity index is 1.53. The highest BCUT2D eigenvalue weighted by molar-refractivity contribution is 5.81. The molecule has 4 heteroatoms. The number of rotatable bonds is 7. The Morgan fingerprint density at radius 2 is 2.12 bits per heavy atom. The standard InChI is InChI=1S/C20H30N2O2/c1-3-16-14-22(20(23)17-8-9-17)11-10-19(16)21-13-15-6-5-7-18(12-15)24-4-2/h5-7,12,16-17,19,21H,3-4,8-11,13-14H2,1-2H3. The number of ether oxygens (including phenoxy) is 1. The van der Waals surface area contributed by atoms with Gasteiger partial charge in [-0.15, -0.1) is 0 Å². The van der Waals surface area contributed by atoms with Crippen molar-refractivity contribution in [2.45, 2.75) is 52.1 Å². The van der Waals surface area contributed by atoms with Gasteiger partial charge in [0.2, 0.25) is 5.91 Å². The summed E-state index contributed by atoms with van der Waals surface area (Å²) in [6.07, 6.45) is 4.38. The van der Waals surface area contributed by atoms with Gasteiger partial charge in [-0.2, -0.15) is 0 Å². The molecule has 1 aliphatic heterocycles. The van der Waals surface area contributed by atoms with Gasteiger partial charge in [0.25, 0.3) is 0 Å². The van der Waals surface area contributed by atoms with E-state index in [0.717, 1.165) is 51.1 Å². The van der Waals surface area contributed by atoms with Gasteiger partial charge in [0.1, 0.15) is 5.75 Å². The Kier molecular flexibility index (Phi) is 5.77. The second-order valence-electron chi connectivity index (χ2n) is 7.08. The fraction of sp³-hybridized carbons (Fsp3) is 0.650. The van der Waals surface area contributed by atoms with Gasteiger partial charge in [-0.05, 0) is 49.8 Å². The first kappa shape index (κ1) is 17.3. The number of nitrogens with zero attached hydrogens (tertiary/aromatic N) is 1. The summed E-state index contributed by atoms with van der Waals surface area (Å²) < 4.78 is 5.58.